The summed E-state index contributed by atoms with van der Waals surface area (Å²) in [6, 6.07) is 0. The van der Waals surface area contributed by atoms with Crippen molar-refractivity contribution in [3.8, 4) is 0 Å². The molecule has 24 heavy (non-hydrogen) atoms. The fraction of sp³-hybridized carbons (Fsp3) is 0.765. The van der Waals surface area contributed by atoms with E-state index in [0.29, 0.717) is 12.2 Å². The molecule has 2 saturated heterocycles. The Balaban J connectivity index is 1.37. The zero-order valence-electron chi connectivity index (χ0n) is 14.4. The van der Waals surface area contributed by atoms with Crippen LogP contribution in [-0.4, -0.2) is 61.4 Å². The van der Waals surface area contributed by atoms with Crippen LogP contribution in [0.2, 0.25) is 0 Å². The van der Waals surface area contributed by atoms with Crippen LogP contribution in [-0.2, 0) is 16.0 Å². The summed E-state index contributed by atoms with van der Waals surface area (Å²) in [7, 11) is 1.84. The third-order valence-electron chi connectivity index (χ3n) is 4.63. The molecule has 0 radical (unpaired) electrons. The van der Waals surface area contributed by atoms with E-state index >= 15 is 0 Å². The molecule has 3 rings (SSSR count). The number of aromatic nitrogens is 1. The quantitative estimate of drug-likeness (QED) is 0.651. The Labute approximate surface area is 148 Å². The van der Waals surface area contributed by atoms with E-state index in [0.717, 1.165) is 63.1 Å². The standard InChI is InChI=1S/C17H28N4O2S/c1-18-17(20-12-16-19-7-11-24-16)21-8-5-14(6-9-21)23-13-15-4-2-3-10-22-15/h7,11,14-15H,2-6,8-10,12-13H2,1H3,(H,18,20). The minimum Gasteiger partial charge on any atom is -0.376 e. The van der Waals surface area contributed by atoms with Crippen LogP contribution in [0.4, 0.5) is 0 Å². The Morgan fingerprint density at radius 2 is 2.29 bits per heavy atom. The average Bonchev–Trinajstić information content (AvgIpc) is 3.16. The van der Waals surface area contributed by atoms with Crippen LogP contribution in [0.3, 0.4) is 0 Å². The van der Waals surface area contributed by atoms with Crippen LogP contribution in [0.5, 0.6) is 0 Å². The second-order valence-corrected chi connectivity index (χ2v) is 7.31. The molecule has 3 heterocycles. The van der Waals surface area contributed by atoms with Crippen molar-refractivity contribution >= 4 is 17.3 Å². The second kappa shape index (κ2) is 9.34. The van der Waals surface area contributed by atoms with Crippen molar-refractivity contribution in [3.63, 3.8) is 0 Å². The minimum absolute atomic E-state index is 0.310. The van der Waals surface area contributed by atoms with Gasteiger partial charge in [0, 0.05) is 38.3 Å². The molecular formula is C17H28N4O2S. The van der Waals surface area contributed by atoms with Gasteiger partial charge in [-0.15, -0.1) is 11.3 Å². The lowest BCUT2D eigenvalue weighted by Gasteiger charge is -2.35. The van der Waals surface area contributed by atoms with E-state index in [1.807, 2.05) is 18.6 Å². The van der Waals surface area contributed by atoms with Gasteiger partial charge in [0.1, 0.15) is 5.01 Å². The van der Waals surface area contributed by atoms with E-state index in [-0.39, 0.29) is 0 Å². The molecule has 134 valence electrons. The molecule has 1 unspecified atom stereocenters. The maximum atomic E-state index is 6.08. The van der Waals surface area contributed by atoms with Crippen LogP contribution in [0.1, 0.15) is 37.1 Å². The van der Waals surface area contributed by atoms with Crippen molar-refractivity contribution in [1.29, 1.82) is 0 Å². The fourth-order valence-corrected chi connectivity index (χ4v) is 3.80. The Kier molecular flexibility index (Phi) is 6.86. The van der Waals surface area contributed by atoms with E-state index in [2.05, 4.69) is 20.2 Å². The summed E-state index contributed by atoms with van der Waals surface area (Å²) in [5.74, 6) is 0.958. The minimum atomic E-state index is 0.310. The molecule has 0 aromatic carbocycles. The van der Waals surface area contributed by atoms with Gasteiger partial charge >= 0.3 is 0 Å². The van der Waals surface area contributed by atoms with Gasteiger partial charge in [0.25, 0.3) is 0 Å². The van der Waals surface area contributed by atoms with E-state index in [9.17, 15) is 0 Å². The van der Waals surface area contributed by atoms with Gasteiger partial charge in [0.15, 0.2) is 5.96 Å². The fourth-order valence-electron chi connectivity index (χ4n) is 3.24. The molecule has 2 aliphatic rings. The highest BCUT2D eigenvalue weighted by atomic mass is 32.1. The zero-order valence-corrected chi connectivity index (χ0v) is 15.3. The number of hydrogen-bond acceptors (Lipinski definition) is 5. The van der Waals surface area contributed by atoms with Gasteiger partial charge in [-0.3, -0.25) is 4.99 Å². The number of aliphatic imine (C=N–C) groups is 1. The van der Waals surface area contributed by atoms with Crippen LogP contribution < -0.4 is 5.32 Å². The molecule has 7 heteroatoms. The predicted molar refractivity (Wildman–Crippen MR) is 96.5 cm³/mol. The van der Waals surface area contributed by atoms with Gasteiger partial charge in [-0.05, 0) is 32.1 Å². The van der Waals surface area contributed by atoms with Gasteiger partial charge in [-0.1, -0.05) is 0 Å². The second-order valence-electron chi connectivity index (χ2n) is 6.33. The first-order valence-corrected chi connectivity index (χ1v) is 9.80. The van der Waals surface area contributed by atoms with Gasteiger partial charge in [0.05, 0.1) is 25.4 Å². The molecule has 0 bridgehead atoms. The number of likely N-dealkylation sites (tertiary alicyclic amines) is 1. The van der Waals surface area contributed by atoms with Gasteiger partial charge in [-0.2, -0.15) is 0 Å². The molecular weight excluding hydrogens is 324 g/mol. The lowest BCUT2D eigenvalue weighted by molar-refractivity contribution is -0.0721. The summed E-state index contributed by atoms with van der Waals surface area (Å²) in [6.07, 6.45) is 8.20. The molecule has 1 atom stereocenters. The summed E-state index contributed by atoms with van der Waals surface area (Å²) in [4.78, 5) is 11.0. The van der Waals surface area contributed by atoms with Crippen LogP contribution >= 0.6 is 11.3 Å². The maximum Gasteiger partial charge on any atom is 0.193 e. The first-order chi connectivity index (χ1) is 11.8. The topological polar surface area (TPSA) is 59.0 Å². The summed E-state index contributed by atoms with van der Waals surface area (Å²) >= 11 is 1.66. The van der Waals surface area contributed by atoms with Crippen molar-refractivity contribution in [2.24, 2.45) is 4.99 Å². The van der Waals surface area contributed by atoms with E-state index < -0.39 is 0 Å². The number of nitrogens with zero attached hydrogens (tertiary/aromatic N) is 3. The summed E-state index contributed by atoms with van der Waals surface area (Å²) in [6.45, 7) is 4.34. The first kappa shape index (κ1) is 17.6. The summed E-state index contributed by atoms with van der Waals surface area (Å²) in [5.41, 5.74) is 0. The Morgan fingerprint density at radius 1 is 1.42 bits per heavy atom. The van der Waals surface area contributed by atoms with Gasteiger partial charge in [0.2, 0.25) is 0 Å². The summed E-state index contributed by atoms with van der Waals surface area (Å²) < 4.78 is 11.8. The average molecular weight is 353 g/mol. The van der Waals surface area contributed by atoms with Crippen LogP contribution in [0.15, 0.2) is 16.6 Å². The lowest BCUT2D eigenvalue weighted by Crippen LogP contribution is -2.47. The zero-order chi connectivity index (χ0) is 16.6. The number of rotatable bonds is 5. The van der Waals surface area contributed by atoms with E-state index in [1.54, 1.807) is 11.3 Å². The Morgan fingerprint density at radius 3 is 2.96 bits per heavy atom. The number of hydrogen-bond donors (Lipinski definition) is 1. The molecule has 2 fully saturated rings. The molecule has 1 aromatic heterocycles. The smallest absolute Gasteiger partial charge is 0.193 e. The van der Waals surface area contributed by atoms with Crippen molar-refractivity contribution in [3.05, 3.63) is 16.6 Å². The number of ether oxygens (including phenoxy) is 2. The largest absolute Gasteiger partial charge is 0.376 e. The molecule has 2 aliphatic heterocycles. The third kappa shape index (κ3) is 5.16. The van der Waals surface area contributed by atoms with E-state index in [1.165, 1.54) is 12.8 Å². The van der Waals surface area contributed by atoms with Crippen molar-refractivity contribution in [2.75, 3.05) is 33.4 Å². The van der Waals surface area contributed by atoms with Crippen molar-refractivity contribution in [2.45, 2.75) is 50.9 Å². The van der Waals surface area contributed by atoms with Crippen LogP contribution in [0, 0.1) is 0 Å². The molecule has 0 aliphatic carbocycles. The molecule has 0 spiro atoms. The first-order valence-electron chi connectivity index (χ1n) is 8.92. The van der Waals surface area contributed by atoms with Gasteiger partial charge < -0.3 is 19.7 Å². The van der Waals surface area contributed by atoms with Crippen LogP contribution in [0.25, 0.3) is 0 Å². The Bertz CT molecular complexity index is 495. The summed E-state index contributed by atoms with van der Waals surface area (Å²) in [5, 5.41) is 6.49. The van der Waals surface area contributed by atoms with Crippen molar-refractivity contribution < 1.29 is 9.47 Å². The molecule has 1 aromatic rings. The molecule has 6 nitrogen and oxygen atoms in total. The van der Waals surface area contributed by atoms with Gasteiger partial charge in [-0.25, -0.2) is 4.98 Å². The molecule has 1 N–H and O–H groups in total. The molecule has 0 amide bonds. The third-order valence-corrected chi connectivity index (χ3v) is 5.41. The number of guanidine groups is 1. The SMILES string of the molecule is CN=C(NCc1nccs1)N1CCC(OCC2CCCCO2)CC1. The highest BCUT2D eigenvalue weighted by Gasteiger charge is 2.23. The lowest BCUT2D eigenvalue weighted by atomic mass is 10.1. The Hall–Kier alpha value is -1.18. The molecule has 0 saturated carbocycles. The highest BCUT2D eigenvalue weighted by Crippen LogP contribution is 2.18. The van der Waals surface area contributed by atoms with E-state index in [4.69, 9.17) is 9.47 Å². The predicted octanol–water partition coefficient (Wildman–Crippen LogP) is 2.27. The number of thiazole rings is 1. The van der Waals surface area contributed by atoms with Crippen molar-refractivity contribution in [1.82, 2.24) is 15.2 Å². The highest BCUT2D eigenvalue weighted by molar-refractivity contribution is 7.09. The monoisotopic (exact) mass is 352 g/mol. The number of piperidine rings is 1. The normalized spacial score (nSPS) is 23.5. The maximum absolute atomic E-state index is 6.08. The number of nitrogens with one attached hydrogen (secondary N) is 1.